The van der Waals surface area contributed by atoms with Gasteiger partial charge in [0, 0.05) is 0 Å². The van der Waals surface area contributed by atoms with E-state index in [0.29, 0.717) is 0 Å². The molecule has 248 valence electrons. The Hall–Kier alpha value is -3.44. The lowest BCUT2D eigenvalue weighted by molar-refractivity contribution is -0.240. The second-order valence-corrected chi connectivity index (χ2v) is 13.5. The standard InChI is InChI=1S/C21H26N10O13P2/c1-21(34)8-3-40-45(35,36)43-12-7(41-18(11(12)32)30-5-26-9-14(22)24-4-25-15(9)30)2-39-46(37,38)44-13(21)19(42-8)31-6-27-10-16(31)28-20(23)29-17(10)33/h4-8,11-13,18-19,32,34H,2-3H2,1H3,(H,35,36)(H,37,38)(H2,22,24,25)(H3,23,28,29,33)/p-1. The van der Waals surface area contributed by atoms with Crippen molar-refractivity contribution in [2.45, 2.75) is 55.5 Å². The zero-order chi connectivity index (χ0) is 32.8. The summed E-state index contributed by atoms with van der Waals surface area (Å²) < 4.78 is 61.2. The van der Waals surface area contributed by atoms with E-state index >= 15 is 0 Å². The topological polar surface area (TPSA) is 332 Å². The number of fused-ring (bicyclic) bond motifs is 5. The van der Waals surface area contributed by atoms with Crippen LogP contribution in [-0.2, 0) is 36.7 Å². The molecule has 3 fully saturated rings. The summed E-state index contributed by atoms with van der Waals surface area (Å²) in [5.74, 6) is -0.275. The summed E-state index contributed by atoms with van der Waals surface area (Å²) in [4.78, 5) is 58.4. The summed E-state index contributed by atoms with van der Waals surface area (Å²) in [6.07, 6.45) is -7.88. The van der Waals surface area contributed by atoms with Crippen molar-refractivity contribution in [1.29, 1.82) is 0 Å². The van der Waals surface area contributed by atoms with Crippen LogP contribution < -0.4 is 21.9 Å². The molecular weight excluding hydrogens is 662 g/mol. The molecule has 10 atom stereocenters. The summed E-state index contributed by atoms with van der Waals surface area (Å²) in [7, 11) is -10.5. The van der Waals surface area contributed by atoms with Crippen molar-refractivity contribution in [2.75, 3.05) is 24.7 Å². The predicted molar refractivity (Wildman–Crippen MR) is 146 cm³/mol. The molecule has 0 radical (unpaired) electrons. The van der Waals surface area contributed by atoms with E-state index in [1.807, 2.05) is 0 Å². The van der Waals surface area contributed by atoms with Crippen LogP contribution in [0.2, 0.25) is 0 Å². The molecule has 0 amide bonds. The molecule has 3 aliphatic heterocycles. The van der Waals surface area contributed by atoms with E-state index < -0.39 is 83.0 Å². The first-order valence-electron chi connectivity index (χ1n) is 13.3. The van der Waals surface area contributed by atoms with Gasteiger partial charge in [-0.3, -0.25) is 32.5 Å². The van der Waals surface area contributed by atoms with Crippen LogP contribution in [-0.4, -0.2) is 103 Å². The number of nitrogens with two attached hydrogens (primary N) is 2. The summed E-state index contributed by atoms with van der Waals surface area (Å²) in [5.41, 5.74) is 8.47. The Labute approximate surface area is 255 Å². The first-order valence-corrected chi connectivity index (χ1v) is 16.3. The van der Waals surface area contributed by atoms with Gasteiger partial charge in [-0.25, -0.2) is 24.5 Å². The lowest BCUT2D eigenvalue weighted by atomic mass is 9.95. The number of anilines is 2. The van der Waals surface area contributed by atoms with Crippen molar-refractivity contribution < 1.29 is 56.7 Å². The minimum Gasteiger partial charge on any atom is -0.756 e. The molecule has 3 saturated heterocycles. The lowest BCUT2D eigenvalue weighted by Gasteiger charge is -2.34. The summed E-state index contributed by atoms with van der Waals surface area (Å²) in [6, 6.07) is 0. The Balaban J connectivity index is 1.23. The third-order valence-corrected chi connectivity index (χ3v) is 9.71. The van der Waals surface area contributed by atoms with Gasteiger partial charge in [-0.15, -0.1) is 0 Å². The number of hydrogen-bond acceptors (Lipinski definition) is 19. The number of nitrogen functional groups attached to an aromatic ring is 2. The second kappa shape index (κ2) is 10.8. The van der Waals surface area contributed by atoms with Crippen molar-refractivity contribution in [3.05, 3.63) is 29.3 Å². The smallest absolute Gasteiger partial charge is 0.472 e. The van der Waals surface area contributed by atoms with Crippen LogP contribution in [0.4, 0.5) is 11.8 Å². The molecule has 4 aromatic rings. The van der Waals surface area contributed by atoms with Gasteiger partial charge in [0.05, 0.1) is 25.9 Å². The molecule has 8 N–H and O–H groups in total. The van der Waals surface area contributed by atoms with Gasteiger partial charge < -0.3 is 50.0 Å². The Kier molecular flexibility index (Phi) is 7.32. The molecule has 25 heteroatoms. The fraction of sp³-hybridized carbons (Fsp3) is 0.524. The fourth-order valence-corrected chi connectivity index (χ4v) is 7.45. The quantitative estimate of drug-likeness (QED) is 0.118. The van der Waals surface area contributed by atoms with Gasteiger partial charge in [0.25, 0.3) is 13.4 Å². The van der Waals surface area contributed by atoms with Gasteiger partial charge in [-0.05, 0) is 6.92 Å². The number of phosphoric acid groups is 2. The number of ether oxygens (including phenoxy) is 2. The third-order valence-electron chi connectivity index (χ3n) is 7.77. The Morgan fingerprint density at radius 2 is 1.74 bits per heavy atom. The molecule has 0 aliphatic carbocycles. The molecule has 23 nitrogen and oxygen atoms in total. The molecule has 0 aromatic carbocycles. The number of H-pyrrole nitrogens is 1. The Morgan fingerprint density at radius 1 is 1.02 bits per heavy atom. The van der Waals surface area contributed by atoms with Crippen molar-refractivity contribution in [3.63, 3.8) is 0 Å². The number of aromatic amines is 1. The molecule has 10 unspecified atom stereocenters. The molecule has 46 heavy (non-hydrogen) atoms. The maximum Gasteiger partial charge on any atom is 0.472 e. The van der Waals surface area contributed by atoms with Crippen LogP contribution in [0.25, 0.3) is 22.3 Å². The third kappa shape index (κ3) is 5.19. The molecular formula is C21H25N10O13P2-. The highest BCUT2D eigenvalue weighted by atomic mass is 31.2. The van der Waals surface area contributed by atoms with E-state index in [4.69, 9.17) is 39.0 Å². The van der Waals surface area contributed by atoms with E-state index in [0.717, 1.165) is 24.1 Å². The molecule has 7 heterocycles. The molecule has 0 saturated carbocycles. The lowest BCUT2D eigenvalue weighted by Crippen LogP contribution is -2.47. The van der Waals surface area contributed by atoms with Gasteiger partial charge in [0.15, 0.2) is 35.1 Å². The van der Waals surface area contributed by atoms with Crippen LogP contribution in [0.5, 0.6) is 0 Å². The number of hydrogen-bond donors (Lipinski definition) is 6. The number of imidazole rings is 2. The van der Waals surface area contributed by atoms with Crippen LogP contribution in [0.3, 0.4) is 0 Å². The zero-order valence-corrected chi connectivity index (χ0v) is 25.1. The van der Waals surface area contributed by atoms with Gasteiger partial charge in [0.1, 0.15) is 48.0 Å². The number of aliphatic hydroxyl groups is 2. The van der Waals surface area contributed by atoms with Gasteiger partial charge in [-0.2, -0.15) is 4.98 Å². The largest absolute Gasteiger partial charge is 0.756 e. The SMILES string of the molecule is CC1(O)C2COP(=O)(O)OC3C(COP(=O)([O-])OC1C(n1cnc4c(=O)[nH]c(N)nc41)O2)OC(n1cnc2c(N)ncnc21)C3O. The molecule has 4 aromatic heterocycles. The number of rotatable bonds is 2. The number of phosphoric ester groups is 2. The predicted octanol–water partition coefficient (Wildman–Crippen LogP) is -2.58. The molecule has 0 spiro atoms. The molecule has 3 aliphatic rings. The first kappa shape index (κ1) is 31.2. The molecule has 7 rings (SSSR count). The van der Waals surface area contributed by atoms with E-state index in [9.17, 15) is 33.9 Å². The minimum atomic E-state index is -5.41. The van der Waals surface area contributed by atoms with Crippen molar-refractivity contribution in [2.24, 2.45) is 0 Å². The van der Waals surface area contributed by atoms with Crippen LogP contribution in [0, 0.1) is 0 Å². The number of nitrogens with one attached hydrogen (secondary N) is 1. The number of aromatic nitrogens is 8. The summed E-state index contributed by atoms with van der Waals surface area (Å²) in [5, 5.41) is 22.6. The highest BCUT2D eigenvalue weighted by Crippen LogP contribution is 2.54. The highest BCUT2D eigenvalue weighted by molar-refractivity contribution is 7.47. The fourth-order valence-electron chi connectivity index (χ4n) is 5.51. The Morgan fingerprint density at radius 3 is 2.50 bits per heavy atom. The highest BCUT2D eigenvalue weighted by Gasteiger charge is 2.58. The normalized spacial score (nSPS) is 38.8. The average Bonchev–Trinajstić information content (AvgIpc) is 3.71. The number of nitrogens with zero attached hydrogens (tertiary/aromatic N) is 7. The van der Waals surface area contributed by atoms with Gasteiger partial charge in [-0.1, -0.05) is 0 Å². The maximum absolute atomic E-state index is 13.2. The van der Waals surface area contributed by atoms with Crippen molar-refractivity contribution in [3.8, 4) is 0 Å². The minimum absolute atomic E-state index is 0.0249. The average molecular weight is 687 g/mol. The number of aliphatic hydroxyl groups excluding tert-OH is 1. The van der Waals surface area contributed by atoms with Crippen molar-refractivity contribution in [1.82, 2.24) is 39.0 Å². The van der Waals surface area contributed by atoms with Crippen LogP contribution in [0.15, 0.2) is 23.8 Å². The van der Waals surface area contributed by atoms with E-state index in [-0.39, 0.29) is 34.1 Å². The van der Waals surface area contributed by atoms with E-state index in [2.05, 4.69) is 29.9 Å². The van der Waals surface area contributed by atoms with E-state index in [1.165, 1.54) is 10.9 Å². The monoisotopic (exact) mass is 687 g/mol. The first-order chi connectivity index (χ1) is 21.6. The molecule has 2 bridgehead atoms. The van der Waals surface area contributed by atoms with Gasteiger partial charge in [0.2, 0.25) is 5.95 Å². The van der Waals surface area contributed by atoms with Crippen LogP contribution in [0.1, 0.15) is 19.4 Å². The summed E-state index contributed by atoms with van der Waals surface area (Å²) >= 11 is 0. The van der Waals surface area contributed by atoms with Gasteiger partial charge >= 0.3 is 7.82 Å². The van der Waals surface area contributed by atoms with Crippen LogP contribution >= 0.6 is 15.6 Å². The zero-order valence-electron chi connectivity index (χ0n) is 23.3. The Bertz CT molecular complexity index is 1980. The summed E-state index contributed by atoms with van der Waals surface area (Å²) in [6.45, 7) is -0.641. The van der Waals surface area contributed by atoms with Crippen molar-refractivity contribution >= 4 is 49.7 Å². The van der Waals surface area contributed by atoms with E-state index in [1.54, 1.807) is 0 Å². The maximum atomic E-state index is 13.2. The second-order valence-electron chi connectivity index (χ2n) is 10.8.